The third kappa shape index (κ3) is 2.16. The topological polar surface area (TPSA) is 46.3 Å². The molecule has 1 aromatic rings. The number of nitrogens with zero attached hydrogens (tertiary/aromatic N) is 1. The maximum atomic E-state index is 12.8. The molecule has 0 saturated carbocycles. The molecule has 0 aromatic heterocycles. The minimum absolute atomic E-state index is 0.210. The fourth-order valence-electron chi connectivity index (χ4n) is 3.57. The Kier molecular flexibility index (Phi) is 3.31. The summed E-state index contributed by atoms with van der Waals surface area (Å²) in [5.41, 5.74) is 9.34. The molecular formula is C16H22N2O. The van der Waals surface area contributed by atoms with Crippen LogP contribution in [0.1, 0.15) is 41.3 Å². The molecule has 0 spiro atoms. The van der Waals surface area contributed by atoms with Gasteiger partial charge in [0, 0.05) is 18.2 Å². The van der Waals surface area contributed by atoms with E-state index in [4.69, 9.17) is 5.73 Å². The first-order valence-electron chi connectivity index (χ1n) is 7.32. The second-order valence-corrected chi connectivity index (χ2v) is 5.94. The molecule has 19 heavy (non-hydrogen) atoms. The number of hydrogen-bond acceptors (Lipinski definition) is 2. The van der Waals surface area contributed by atoms with Gasteiger partial charge in [-0.25, -0.2) is 0 Å². The van der Waals surface area contributed by atoms with Crippen LogP contribution in [-0.4, -0.2) is 29.9 Å². The zero-order valence-corrected chi connectivity index (χ0v) is 11.6. The van der Waals surface area contributed by atoms with Gasteiger partial charge in [0.1, 0.15) is 0 Å². The lowest BCUT2D eigenvalue weighted by molar-refractivity contribution is 0.0742. The maximum absolute atomic E-state index is 12.8. The number of aryl methyl sites for hydroxylation is 1. The van der Waals surface area contributed by atoms with Gasteiger partial charge in [-0.15, -0.1) is 0 Å². The van der Waals surface area contributed by atoms with Crippen LogP contribution in [0.25, 0.3) is 0 Å². The predicted octanol–water partition coefficient (Wildman–Crippen LogP) is 1.98. The second-order valence-electron chi connectivity index (χ2n) is 5.94. The summed E-state index contributed by atoms with van der Waals surface area (Å²) < 4.78 is 0. The van der Waals surface area contributed by atoms with Crippen molar-refractivity contribution in [2.45, 2.75) is 38.6 Å². The smallest absolute Gasteiger partial charge is 0.254 e. The summed E-state index contributed by atoms with van der Waals surface area (Å²) in [4.78, 5) is 14.8. The Bertz CT molecular complexity index is 498. The number of benzene rings is 1. The first kappa shape index (κ1) is 12.7. The average molecular weight is 258 g/mol. The van der Waals surface area contributed by atoms with Crippen LogP contribution in [-0.2, 0) is 12.8 Å². The monoisotopic (exact) mass is 258 g/mol. The standard InChI is InChI=1S/C16H22N2O/c1-11-8-12(9-17)10-18(11)16(19)15-7-3-5-13-4-2-6-14(13)15/h3,5,7,11-12H,2,4,6,8-10,17H2,1H3. The Morgan fingerprint density at radius 3 is 3.00 bits per heavy atom. The first-order chi connectivity index (χ1) is 9.20. The van der Waals surface area contributed by atoms with Crippen LogP contribution in [0.4, 0.5) is 0 Å². The van der Waals surface area contributed by atoms with Gasteiger partial charge in [0.25, 0.3) is 5.91 Å². The van der Waals surface area contributed by atoms with Crippen LogP contribution in [0, 0.1) is 5.92 Å². The van der Waals surface area contributed by atoms with E-state index < -0.39 is 0 Å². The molecule has 2 unspecified atom stereocenters. The summed E-state index contributed by atoms with van der Waals surface area (Å²) >= 11 is 0. The molecule has 1 aliphatic carbocycles. The molecule has 3 nitrogen and oxygen atoms in total. The molecule has 1 aliphatic heterocycles. The van der Waals surface area contributed by atoms with Gasteiger partial charge in [-0.1, -0.05) is 12.1 Å². The van der Waals surface area contributed by atoms with Crippen molar-refractivity contribution in [2.75, 3.05) is 13.1 Å². The third-order valence-corrected chi connectivity index (χ3v) is 4.63. The van der Waals surface area contributed by atoms with Crippen molar-refractivity contribution in [1.82, 2.24) is 4.90 Å². The van der Waals surface area contributed by atoms with E-state index in [9.17, 15) is 4.79 Å². The van der Waals surface area contributed by atoms with E-state index in [0.717, 1.165) is 31.4 Å². The van der Waals surface area contributed by atoms with Crippen molar-refractivity contribution in [1.29, 1.82) is 0 Å². The molecule has 3 rings (SSSR count). The summed E-state index contributed by atoms with van der Waals surface area (Å²) in [6.07, 6.45) is 4.40. The minimum atomic E-state index is 0.210. The Labute approximate surface area is 114 Å². The molecule has 102 valence electrons. The molecule has 2 aliphatic rings. The minimum Gasteiger partial charge on any atom is -0.336 e. The highest BCUT2D eigenvalue weighted by atomic mass is 16.2. The lowest BCUT2D eigenvalue weighted by Crippen LogP contribution is -2.35. The Balaban J connectivity index is 1.87. The fourth-order valence-corrected chi connectivity index (χ4v) is 3.57. The van der Waals surface area contributed by atoms with Crippen LogP contribution < -0.4 is 5.73 Å². The van der Waals surface area contributed by atoms with Crippen molar-refractivity contribution >= 4 is 5.91 Å². The number of nitrogens with two attached hydrogens (primary N) is 1. The lowest BCUT2D eigenvalue weighted by Gasteiger charge is -2.23. The normalized spacial score (nSPS) is 25.7. The maximum Gasteiger partial charge on any atom is 0.254 e. The molecule has 0 radical (unpaired) electrons. The zero-order valence-electron chi connectivity index (χ0n) is 11.6. The highest BCUT2D eigenvalue weighted by Gasteiger charge is 2.33. The van der Waals surface area contributed by atoms with Crippen LogP contribution in [0.2, 0.25) is 0 Å². The zero-order chi connectivity index (χ0) is 13.4. The van der Waals surface area contributed by atoms with Crippen LogP contribution >= 0.6 is 0 Å². The van der Waals surface area contributed by atoms with Gasteiger partial charge >= 0.3 is 0 Å². The van der Waals surface area contributed by atoms with Gasteiger partial charge < -0.3 is 10.6 Å². The number of amides is 1. The number of fused-ring (bicyclic) bond motifs is 1. The predicted molar refractivity (Wildman–Crippen MR) is 76.1 cm³/mol. The van der Waals surface area contributed by atoms with E-state index in [-0.39, 0.29) is 5.91 Å². The molecule has 1 heterocycles. The third-order valence-electron chi connectivity index (χ3n) is 4.63. The van der Waals surface area contributed by atoms with Gasteiger partial charge in [-0.05, 0) is 62.3 Å². The average Bonchev–Trinajstić information content (AvgIpc) is 3.03. The highest BCUT2D eigenvalue weighted by Crippen LogP contribution is 2.29. The highest BCUT2D eigenvalue weighted by molar-refractivity contribution is 5.96. The number of carbonyl (C=O) groups excluding carboxylic acids is 1. The lowest BCUT2D eigenvalue weighted by atomic mass is 10.0. The summed E-state index contributed by atoms with van der Waals surface area (Å²) in [6.45, 7) is 3.64. The van der Waals surface area contributed by atoms with Crippen LogP contribution in [0.3, 0.4) is 0 Å². The molecule has 2 N–H and O–H groups in total. The molecule has 3 heteroatoms. The second kappa shape index (κ2) is 4.97. The number of rotatable bonds is 2. The van der Waals surface area contributed by atoms with E-state index in [2.05, 4.69) is 13.0 Å². The summed E-state index contributed by atoms with van der Waals surface area (Å²) in [7, 11) is 0. The van der Waals surface area contributed by atoms with Crippen molar-refractivity contribution < 1.29 is 4.79 Å². The van der Waals surface area contributed by atoms with Gasteiger partial charge in [-0.3, -0.25) is 4.79 Å². The molecule has 0 bridgehead atoms. The number of likely N-dealkylation sites (tertiary alicyclic amines) is 1. The number of hydrogen-bond donors (Lipinski definition) is 1. The summed E-state index contributed by atoms with van der Waals surface area (Å²) in [5.74, 6) is 0.679. The fraction of sp³-hybridized carbons (Fsp3) is 0.562. The van der Waals surface area contributed by atoms with Crippen LogP contribution in [0.15, 0.2) is 18.2 Å². The Morgan fingerprint density at radius 2 is 2.26 bits per heavy atom. The summed E-state index contributed by atoms with van der Waals surface area (Å²) in [6, 6.07) is 6.50. The molecule has 2 atom stereocenters. The SMILES string of the molecule is CC1CC(CN)CN1C(=O)c1cccc2c1CCC2. The van der Waals surface area contributed by atoms with E-state index in [1.54, 1.807) is 0 Å². The van der Waals surface area contributed by atoms with E-state index in [1.165, 1.54) is 17.5 Å². The first-order valence-corrected chi connectivity index (χ1v) is 7.32. The van der Waals surface area contributed by atoms with E-state index in [0.29, 0.717) is 18.5 Å². The largest absolute Gasteiger partial charge is 0.336 e. The van der Waals surface area contributed by atoms with Crippen molar-refractivity contribution in [3.8, 4) is 0 Å². The molecule has 1 fully saturated rings. The van der Waals surface area contributed by atoms with Gasteiger partial charge in [0.15, 0.2) is 0 Å². The van der Waals surface area contributed by atoms with Gasteiger partial charge in [0.2, 0.25) is 0 Å². The van der Waals surface area contributed by atoms with Crippen molar-refractivity contribution in [3.63, 3.8) is 0 Å². The number of carbonyl (C=O) groups is 1. The van der Waals surface area contributed by atoms with E-state index >= 15 is 0 Å². The van der Waals surface area contributed by atoms with Crippen molar-refractivity contribution in [3.05, 3.63) is 34.9 Å². The van der Waals surface area contributed by atoms with Gasteiger partial charge in [0.05, 0.1) is 0 Å². The van der Waals surface area contributed by atoms with Gasteiger partial charge in [-0.2, -0.15) is 0 Å². The summed E-state index contributed by atoms with van der Waals surface area (Å²) in [5, 5.41) is 0. The molecule has 1 aromatic carbocycles. The molecule has 1 saturated heterocycles. The van der Waals surface area contributed by atoms with E-state index in [1.807, 2.05) is 17.0 Å². The van der Waals surface area contributed by atoms with Crippen molar-refractivity contribution in [2.24, 2.45) is 11.7 Å². The molecule has 1 amide bonds. The Hall–Kier alpha value is -1.35. The van der Waals surface area contributed by atoms with Crippen LogP contribution in [0.5, 0.6) is 0 Å². The Morgan fingerprint density at radius 1 is 1.42 bits per heavy atom. The quantitative estimate of drug-likeness (QED) is 0.881. The molecular weight excluding hydrogens is 236 g/mol.